The molecule has 0 aliphatic heterocycles. The average molecular weight is 255 g/mol. The van der Waals surface area contributed by atoms with E-state index in [1.54, 1.807) is 12.1 Å². The molecule has 5 heteroatoms. The van der Waals surface area contributed by atoms with E-state index in [1.807, 2.05) is 6.92 Å². The zero-order chi connectivity index (χ0) is 12.9. The second-order valence-electron chi connectivity index (χ2n) is 3.90. The summed E-state index contributed by atoms with van der Waals surface area (Å²) in [5.74, 6) is -0.0292. The van der Waals surface area contributed by atoms with Crippen LogP contribution in [0.2, 0.25) is 0 Å². The molecule has 1 rings (SSSR count). The van der Waals surface area contributed by atoms with Crippen LogP contribution < -0.4 is 5.32 Å². The molecule has 0 unspecified atom stereocenters. The van der Waals surface area contributed by atoms with Gasteiger partial charge in [0.1, 0.15) is 0 Å². The Hall–Kier alpha value is -1.20. The van der Waals surface area contributed by atoms with Crippen LogP contribution in [0.5, 0.6) is 0 Å². The van der Waals surface area contributed by atoms with Crippen LogP contribution in [0.4, 0.5) is 0 Å². The Kier molecular flexibility index (Phi) is 4.84. The van der Waals surface area contributed by atoms with Crippen molar-refractivity contribution in [2.75, 3.05) is 19.3 Å². The zero-order valence-electron chi connectivity index (χ0n) is 10.1. The Balaban J connectivity index is 2.71. The van der Waals surface area contributed by atoms with Crippen LogP contribution in [0.15, 0.2) is 29.2 Å². The lowest BCUT2D eigenvalue weighted by Gasteiger charge is -2.03. The molecule has 1 aromatic rings. The zero-order valence-corrected chi connectivity index (χ0v) is 10.9. The first-order valence-corrected chi connectivity index (χ1v) is 7.38. The van der Waals surface area contributed by atoms with E-state index in [0.29, 0.717) is 5.56 Å². The Morgan fingerprint density at radius 3 is 2.29 bits per heavy atom. The number of nitrogens with one attached hydrogen (secondary N) is 1. The molecule has 1 N–H and O–H groups in total. The lowest BCUT2D eigenvalue weighted by atomic mass is 10.1. The summed E-state index contributed by atoms with van der Waals surface area (Å²) in [5.41, 5.74) is 0.529. The second-order valence-corrected chi connectivity index (χ2v) is 5.91. The molecule has 94 valence electrons. The largest absolute Gasteiger partial charge is 0.310 e. The summed E-state index contributed by atoms with van der Waals surface area (Å²) < 4.78 is 22.5. The van der Waals surface area contributed by atoms with Gasteiger partial charge >= 0.3 is 0 Å². The van der Waals surface area contributed by atoms with Crippen molar-refractivity contribution in [1.29, 1.82) is 0 Å². The maximum atomic E-state index is 11.7. The van der Waals surface area contributed by atoms with E-state index in [-0.39, 0.29) is 17.2 Å². The number of hydrogen-bond donors (Lipinski definition) is 1. The van der Waals surface area contributed by atoms with Crippen LogP contribution in [-0.4, -0.2) is 33.5 Å². The Morgan fingerprint density at radius 1 is 1.24 bits per heavy atom. The van der Waals surface area contributed by atoms with E-state index in [0.717, 1.165) is 19.2 Å². The fraction of sp³-hybridized carbons (Fsp3) is 0.417. The van der Waals surface area contributed by atoms with Crippen LogP contribution in [0, 0.1) is 0 Å². The minimum Gasteiger partial charge on any atom is -0.310 e. The molecule has 1 aromatic carbocycles. The van der Waals surface area contributed by atoms with Crippen molar-refractivity contribution in [2.45, 2.75) is 18.2 Å². The second kappa shape index (κ2) is 5.93. The number of benzene rings is 1. The van der Waals surface area contributed by atoms with Gasteiger partial charge in [-0.1, -0.05) is 19.1 Å². The van der Waals surface area contributed by atoms with Crippen molar-refractivity contribution in [3.05, 3.63) is 29.8 Å². The first-order chi connectivity index (χ1) is 7.95. The molecular formula is C12H17NO3S. The highest BCUT2D eigenvalue weighted by Gasteiger charge is 2.09. The molecule has 0 aromatic heterocycles. The summed E-state index contributed by atoms with van der Waals surface area (Å²) in [7, 11) is -3.19. The van der Waals surface area contributed by atoms with E-state index in [2.05, 4.69) is 5.32 Å². The molecule has 0 amide bonds. The van der Waals surface area contributed by atoms with E-state index < -0.39 is 9.84 Å². The molecular weight excluding hydrogens is 238 g/mol. The van der Waals surface area contributed by atoms with Crippen molar-refractivity contribution in [1.82, 2.24) is 5.32 Å². The maximum absolute atomic E-state index is 11.7. The molecule has 0 saturated carbocycles. The van der Waals surface area contributed by atoms with Crippen molar-refractivity contribution >= 4 is 15.6 Å². The molecule has 0 aliphatic carbocycles. The molecule has 0 fully saturated rings. The number of carbonyl (C=O) groups is 1. The van der Waals surface area contributed by atoms with Gasteiger partial charge in [-0.25, -0.2) is 8.42 Å². The molecule has 0 bridgehead atoms. The highest BCUT2D eigenvalue weighted by Crippen LogP contribution is 2.10. The maximum Gasteiger partial charge on any atom is 0.176 e. The molecule has 0 atom stereocenters. The van der Waals surface area contributed by atoms with Gasteiger partial charge in [0.15, 0.2) is 15.6 Å². The third-order valence-corrected chi connectivity index (χ3v) is 3.45. The first-order valence-electron chi connectivity index (χ1n) is 5.49. The topological polar surface area (TPSA) is 63.2 Å². The van der Waals surface area contributed by atoms with Gasteiger partial charge in [0.25, 0.3) is 0 Å². The average Bonchev–Trinajstić information content (AvgIpc) is 2.28. The van der Waals surface area contributed by atoms with Crippen LogP contribution in [0.3, 0.4) is 0 Å². The molecule has 0 aliphatic rings. The van der Waals surface area contributed by atoms with Gasteiger partial charge in [0.05, 0.1) is 11.4 Å². The number of rotatable bonds is 6. The quantitative estimate of drug-likeness (QED) is 0.614. The molecule has 0 heterocycles. The smallest absolute Gasteiger partial charge is 0.176 e. The highest BCUT2D eigenvalue weighted by molar-refractivity contribution is 7.90. The van der Waals surface area contributed by atoms with Crippen LogP contribution >= 0.6 is 0 Å². The minimum absolute atomic E-state index is 0.0292. The summed E-state index contributed by atoms with van der Waals surface area (Å²) in [4.78, 5) is 11.9. The van der Waals surface area contributed by atoms with Crippen molar-refractivity contribution in [3.63, 3.8) is 0 Å². The van der Waals surface area contributed by atoms with Crippen LogP contribution in [0.1, 0.15) is 23.7 Å². The van der Waals surface area contributed by atoms with Gasteiger partial charge in [-0.05, 0) is 25.1 Å². The lowest BCUT2D eigenvalue weighted by molar-refractivity contribution is 0.0991. The Labute approximate surface area is 102 Å². The number of sulfone groups is 1. The standard InChI is InChI=1S/C12H17NO3S/c1-3-8-13-9-12(14)10-4-6-11(7-5-10)17(2,15)16/h4-7,13H,3,8-9H2,1-2H3. The van der Waals surface area contributed by atoms with Crippen LogP contribution in [-0.2, 0) is 9.84 Å². The van der Waals surface area contributed by atoms with E-state index >= 15 is 0 Å². The number of ketones is 1. The monoisotopic (exact) mass is 255 g/mol. The van der Waals surface area contributed by atoms with Gasteiger partial charge in [0, 0.05) is 11.8 Å². The van der Waals surface area contributed by atoms with Crippen LogP contribution in [0.25, 0.3) is 0 Å². The van der Waals surface area contributed by atoms with Gasteiger partial charge in [0.2, 0.25) is 0 Å². The Bertz CT molecular complexity index is 477. The van der Waals surface area contributed by atoms with Gasteiger partial charge in [-0.15, -0.1) is 0 Å². The highest BCUT2D eigenvalue weighted by atomic mass is 32.2. The summed E-state index contributed by atoms with van der Waals surface area (Å²) in [6.07, 6.45) is 2.12. The van der Waals surface area contributed by atoms with Gasteiger partial charge < -0.3 is 5.32 Å². The predicted octanol–water partition coefficient (Wildman–Crippen LogP) is 1.27. The first kappa shape index (κ1) is 13.9. The molecule has 4 nitrogen and oxygen atoms in total. The fourth-order valence-electron chi connectivity index (χ4n) is 1.37. The van der Waals surface area contributed by atoms with Gasteiger partial charge in [-0.3, -0.25) is 4.79 Å². The summed E-state index contributed by atoms with van der Waals surface area (Å²) in [6, 6.07) is 6.02. The van der Waals surface area contributed by atoms with E-state index in [4.69, 9.17) is 0 Å². The van der Waals surface area contributed by atoms with E-state index in [1.165, 1.54) is 12.1 Å². The number of hydrogen-bond acceptors (Lipinski definition) is 4. The van der Waals surface area contributed by atoms with Gasteiger partial charge in [-0.2, -0.15) is 0 Å². The molecule has 0 saturated heterocycles. The predicted molar refractivity (Wildman–Crippen MR) is 67.0 cm³/mol. The van der Waals surface area contributed by atoms with Crippen molar-refractivity contribution in [2.24, 2.45) is 0 Å². The van der Waals surface area contributed by atoms with Crippen molar-refractivity contribution < 1.29 is 13.2 Å². The summed E-state index contributed by atoms with van der Waals surface area (Å²) in [6.45, 7) is 3.11. The summed E-state index contributed by atoms with van der Waals surface area (Å²) in [5, 5.41) is 3.01. The third kappa shape index (κ3) is 4.28. The molecule has 0 radical (unpaired) electrons. The number of carbonyl (C=O) groups excluding carboxylic acids is 1. The Morgan fingerprint density at radius 2 is 1.82 bits per heavy atom. The number of Topliss-reactive ketones (excluding diaryl/α,β-unsaturated/α-hetero) is 1. The summed E-state index contributed by atoms with van der Waals surface area (Å²) >= 11 is 0. The molecule has 0 spiro atoms. The normalized spacial score (nSPS) is 11.4. The fourth-order valence-corrected chi connectivity index (χ4v) is 2.00. The minimum atomic E-state index is -3.19. The van der Waals surface area contributed by atoms with E-state index in [9.17, 15) is 13.2 Å². The molecule has 17 heavy (non-hydrogen) atoms. The SMILES string of the molecule is CCCNCC(=O)c1ccc(S(C)(=O)=O)cc1. The van der Waals surface area contributed by atoms with Crippen molar-refractivity contribution in [3.8, 4) is 0 Å². The lowest BCUT2D eigenvalue weighted by Crippen LogP contribution is -2.23. The third-order valence-electron chi connectivity index (χ3n) is 2.32.